The fourth-order valence-electron chi connectivity index (χ4n) is 1.88. The molecule has 0 aromatic heterocycles. The van der Waals surface area contributed by atoms with Gasteiger partial charge in [0.05, 0.1) is 5.56 Å². The first-order chi connectivity index (χ1) is 8.47. The van der Waals surface area contributed by atoms with Crippen molar-refractivity contribution >= 4 is 12.4 Å². The zero-order valence-electron chi connectivity index (χ0n) is 9.98. The molecule has 1 aliphatic rings. The van der Waals surface area contributed by atoms with Crippen LogP contribution in [-0.4, -0.2) is 30.4 Å². The van der Waals surface area contributed by atoms with E-state index in [0.29, 0.717) is 19.5 Å². The number of nitrogens with one attached hydrogen (secondary N) is 1. The SMILES string of the molecule is Cl.O[C@H]1CNCC[C@@H]1Oc1cccc(C(F)(F)F)c1. The van der Waals surface area contributed by atoms with E-state index in [-0.39, 0.29) is 18.2 Å². The molecule has 0 amide bonds. The van der Waals surface area contributed by atoms with Crippen molar-refractivity contribution in [2.75, 3.05) is 13.1 Å². The second kappa shape index (κ2) is 6.45. The van der Waals surface area contributed by atoms with E-state index in [1.54, 1.807) is 0 Å². The highest BCUT2D eigenvalue weighted by Gasteiger charge is 2.31. The van der Waals surface area contributed by atoms with Crippen LogP contribution in [0.1, 0.15) is 12.0 Å². The summed E-state index contributed by atoms with van der Waals surface area (Å²) >= 11 is 0. The van der Waals surface area contributed by atoms with Crippen LogP contribution in [0, 0.1) is 0 Å². The quantitative estimate of drug-likeness (QED) is 0.879. The maximum Gasteiger partial charge on any atom is 0.416 e. The molecule has 1 aromatic carbocycles. The molecule has 0 unspecified atom stereocenters. The Morgan fingerprint density at radius 3 is 2.68 bits per heavy atom. The van der Waals surface area contributed by atoms with Crippen molar-refractivity contribution in [2.45, 2.75) is 24.8 Å². The van der Waals surface area contributed by atoms with Gasteiger partial charge in [-0.05, 0) is 31.2 Å². The standard InChI is InChI=1S/C12H14F3NO2.ClH/c13-12(14,15)8-2-1-3-9(6-8)18-11-4-5-16-7-10(11)17;/h1-3,6,10-11,16-17H,4-5,7H2;1H/t10-,11-;/m0./s1. The first-order valence-electron chi connectivity index (χ1n) is 5.69. The number of rotatable bonds is 2. The minimum absolute atomic E-state index is 0. The minimum Gasteiger partial charge on any atom is -0.488 e. The molecule has 3 nitrogen and oxygen atoms in total. The molecule has 2 rings (SSSR count). The Balaban J connectivity index is 0.00000180. The van der Waals surface area contributed by atoms with Crippen molar-refractivity contribution in [1.82, 2.24) is 5.32 Å². The van der Waals surface area contributed by atoms with Gasteiger partial charge >= 0.3 is 6.18 Å². The molecule has 7 heteroatoms. The van der Waals surface area contributed by atoms with Crippen molar-refractivity contribution in [1.29, 1.82) is 0 Å². The summed E-state index contributed by atoms with van der Waals surface area (Å²) in [4.78, 5) is 0. The highest BCUT2D eigenvalue weighted by molar-refractivity contribution is 5.85. The van der Waals surface area contributed by atoms with Gasteiger partial charge in [-0.25, -0.2) is 0 Å². The third kappa shape index (κ3) is 4.26. The van der Waals surface area contributed by atoms with Gasteiger partial charge in [-0.3, -0.25) is 0 Å². The maximum absolute atomic E-state index is 12.5. The molecule has 0 radical (unpaired) electrons. The first-order valence-corrected chi connectivity index (χ1v) is 5.69. The molecule has 1 fully saturated rings. The zero-order chi connectivity index (χ0) is 13.2. The van der Waals surface area contributed by atoms with Gasteiger partial charge in [-0.1, -0.05) is 6.07 Å². The van der Waals surface area contributed by atoms with Crippen LogP contribution in [0.4, 0.5) is 13.2 Å². The monoisotopic (exact) mass is 297 g/mol. The number of aliphatic hydroxyl groups excluding tert-OH is 1. The molecule has 2 atom stereocenters. The molecule has 0 saturated carbocycles. The van der Waals surface area contributed by atoms with Crippen molar-refractivity contribution < 1.29 is 23.0 Å². The summed E-state index contributed by atoms with van der Waals surface area (Å²) in [5.41, 5.74) is -0.747. The molecule has 108 valence electrons. The van der Waals surface area contributed by atoms with Crippen LogP contribution < -0.4 is 10.1 Å². The second-order valence-corrected chi connectivity index (χ2v) is 4.24. The fraction of sp³-hybridized carbons (Fsp3) is 0.500. The third-order valence-electron chi connectivity index (χ3n) is 2.84. The van der Waals surface area contributed by atoms with Gasteiger partial charge in [0.2, 0.25) is 0 Å². The molecule has 0 bridgehead atoms. The van der Waals surface area contributed by atoms with Gasteiger partial charge in [0, 0.05) is 6.54 Å². The average Bonchev–Trinajstić information content (AvgIpc) is 2.31. The van der Waals surface area contributed by atoms with E-state index in [2.05, 4.69) is 5.32 Å². The number of hydrogen-bond acceptors (Lipinski definition) is 3. The van der Waals surface area contributed by atoms with Gasteiger partial charge in [0.1, 0.15) is 18.0 Å². The van der Waals surface area contributed by atoms with Crippen LogP contribution in [0.5, 0.6) is 5.75 Å². The van der Waals surface area contributed by atoms with Crippen LogP contribution >= 0.6 is 12.4 Å². The summed E-state index contributed by atoms with van der Waals surface area (Å²) < 4.78 is 42.9. The van der Waals surface area contributed by atoms with Crippen LogP contribution in [0.3, 0.4) is 0 Å². The minimum atomic E-state index is -4.38. The largest absolute Gasteiger partial charge is 0.488 e. The number of halogens is 4. The van der Waals surface area contributed by atoms with Crippen LogP contribution in [0.25, 0.3) is 0 Å². The van der Waals surface area contributed by atoms with E-state index in [4.69, 9.17) is 4.74 Å². The molecule has 1 saturated heterocycles. The highest BCUT2D eigenvalue weighted by Crippen LogP contribution is 2.31. The molecule has 1 aliphatic heterocycles. The number of alkyl halides is 3. The van der Waals surface area contributed by atoms with Gasteiger partial charge in [0.15, 0.2) is 0 Å². The summed E-state index contributed by atoms with van der Waals surface area (Å²) in [7, 11) is 0. The lowest BCUT2D eigenvalue weighted by Crippen LogP contribution is -2.46. The van der Waals surface area contributed by atoms with Gasteiger partial charge in [-0.2, -0.15) is 13.2 Å². The molecular formula is C12H15ClF3NO2. The predicted octanol–water partition coefficient (Wildman–Crippen LogP) is 2.23. The number of hydrogen-bond donors (Lipinski definition) is 2. The van der Waals surface area contributed by atoms with E-state index in [1.165, 1.54) is 12.1 Å². The summed E-state index contributed by atoms with van der Waals surface area (Å²) in [5.74, 6) is 0.135. The van der Waals surface area contributed by atoms with Crippen LogP contribution in [0.2, 0.25) is 0 Å². The molecule has 0 aliphatic carbocycles. The predicted molar refractivity (Wildman–Crippen MR) is 66.6 cm³/mol. The molecular weight excluding hydrogens is 283 g/mol. The van der Waals surface area contributed by atoms with Gasteiger partial charge < -0.3 is 15.2 Å². The zero-order valence-corrected chi connectivity index (χ0v) is 10.8. The smallest absolute Gasteiger partial charge is 0.416 e. The van der Waals surface area contributed by atoms with Crippen molar-refractivity contribution in [3.8, 4) is 5.75 Å². The second-order valence-electron chi connectivity index (χ2n) is 4.24. The van der Waals surface area contributed by atoms with Crippen molar-refractivity contribution in [2.24, 2.45) is 0 Å². The average molecular weight is 298 g/mol. The molecule has 0 spiro atoms. The number of ether oxygens (including phenoxy) is 1. The Bertz CT molecular complexity index is 414. The van der Waals surface area contributed by atoms with Gasteiger partial charge in [0.25, 0.3) is 0 Å². The Morgan fingerprint density at radius 1 is 1.32 bits per heavy atom. The topological polar surface area (TPSA) is 41.5 Å². The first kappa shape index (κ1) is 16.1. The van der Waals surface area contributed by atoms with E-state index in [9.17, 15) is 18.3 Å². The maximum atomic E-state index is 12.5. The van der Waals surface area contributed by atoms with Crippen molar-refractivity contribution in [3.05, 3.63) is 29.8 Å². The summed E-state index contributed by atoms with van der Waals surface area (Å²) in [6.07, 6.45) is -4.98. The summed E-state index contributed by atoms with van der Waals surface area (Å²) in [5, 5.41) is 12.6. The van der Waals surface area contributed by atoms with E-state index >= 15 is 0 Å². The molecule has 1 aromatic rings. The third-order valence-corrected chi connectivity index (χ3v) is 2.84. The van der Waals surface area contributed by atoms with E-state index < -0.39 is 23.9 Å². The lowest BCUT2D eigenvalue weighted by Gasteiger charge is -2.29. The molecule has 2 N–H and O–H groups in total. The Labute approximate surface area is 115 Å². The summed E-state index contributed by atoms with van der Waals surface area (Å²) in [6.45, 7) is 1.07. The molecule has 1 heterocycles. The van der Waals surface area contributed by atoms with E-state index in [0.717, 1.165) is 12.1 Å². The van der Waals surface area contributed by atoms with E-state index in [1.807, 2.05) is 0 Å². The number of aliphatic hydroxyl groups is 1. The van der Waals surface area contributed by atoms with Crippen LogP contribution in [0.15, 0.2) is 24.3 Å². The number of β-amino-alcohol motifs (C(OH)–C–C–N with tert-alkyl or cyclic N) is 1. The Kier molecular flexibility index (Phi) is 5.46. The Morgan fingerprint density at radius 2 is 2.05 bits per heavy atom. The normalized spacial score (nSPS) is 23.6. The number of benzene rings is 1. The van der Waals surface area contributed by atoms with Crippen LogP contribution in [-0.2, 0) is 6.18 Å². The highest BCUT2D eigenvalue weighted by atomic mass is 35.5. The Hall–Kier alpha value is -0.980. The van der Waals surface area contributed by atoms with Crippen molar-refractivity contribution in [3.63, 3.8) is 0 Å². The van der Waals surface area contributed by atoms with Gasteiger partial charge in [-0.15, -0.1) is 12.4 Å². The number of piperidine rings is 1. The fourth-order valence-corrected chi connectivity index (χ4v) is 1.88. The lowest BCUT2D eigenvalue weighted by atomic mass is 10.1. The molecule has 19 heavy (non-hydrogen) atoms. The lowest BCUT2D eigenvalue weighted by molar-refractivity contribution is -0.137. The summed E-state index contributed by atoms with van der Waals surface area (Å²) in [6, 6.07) is 4.70.